The average Bonchev–Trinajstić information content (AvgIpc) is 3.18. The van der Waals surface area contributed by atoms with Crippen LogP contribution in [0.5, 0.6) is 0 Å². The number of nitrogens with one attached hydrogen (secondary N) is 1. The first-order chi connectivity index (χ1) is 12.2. The van der Waals surface area contributed by atoms with Gasteiger partial charge in [0.25, 0.3) is 5.91 Å². The summed E-state index contributed by atoms with van der Waals surface area (Å²) in [4.78, 5) is 29.2. The molecule has 1 saturated carbocycles. The van der Waals surface area contributed by atoms with Crippen LogP contribution in [-0.2, 0) is 0 Å². The molecule has 2 aromatic heterocycles. The molecule has 1 aliphatic rings. The van der Waals surface area contributed by atoms with Gasteiger partial charge in [0.2, 0.25) is 5.91 Å². The first-order valence-corrected chi connectivity index (χ1v) is 9.73. The van der Waals surface area contributed by atoms with Gasteiger partial charge >= 0.3 is 0 Å². The van der Waals surface area contributed by atoms with Gasteiger partial charge in [0.1, 0.15) is 5.49 Å². The molecule has 0 atom stereocenters. The Morgan fingerprint density at radius 3 is 2.80 bits per heavy atom. The van der Waals surface area contributed by atoms with E-state index in [1.807, 2.05) is 23.6 Å². The second-order valence-corrected chi connectivity index (χ2v) is 7.04. The van der Waals surface area contributed by atoms with Crippen molar-refractivity contribution in [2.45, 2.75) is 44.6 Å². The number of aromatic nitrogens is 1. The molecular weight excluding hydrogens is 334 g/mol. The lowest BCUT2D eigenvalue weighted by Gasteiger charge is -2.17. The second-order valence-electron chi connectivity index (χ2n) is 6.26. The molecule has 0 radical (unpaired) electrons. The van der Waals surface area contributed by atoms with Crippen molar-refractivity contribution in [3.05, 3.63) is 52.3 Å². The van der Waals surface area contributed by atoms with E-state index in [-0.39, 0.29) is 18.2 Å². The van der Waals surface area contributed by atoms with Gasteiger partial charge < -0.3 is 5.32 Å². The molecule has 0 aliphatic heterocycles. The molecule has 3 rings (SSSR count). The van der Waals surface area contributed by atoms with Gasteiger partial charge in [-0.05, 0) is 36.4 Å². The molecule has 132 valence electrons. The Kier molecular flexibility index (Phi) is 6.17. The zero-order valence-corrected chi connectivity index (χ0v) is 15.0. The van der Waals surface area contributed by atoms with Gasteiger partial charge in [0.15, 0.2) is 0 Å². The molecular formula is C19H23N3O2S. The summed E-state index contributed by atoms with van der Waals surface area (Å²) in [6, 6.07) is 7.71. The van der Waals surface area contributed by atoms with Crippen molar-refractivity contribution in [2.24, 2.45) is 4.99 Å². The molecule has 25 heavy (non-hydrogen) atoms. The van der Waals surface area contributed by atoms with E-state index in [0.29, 0.717) is 23.6 Å². The molecule has 1 fully saturated rings. The summed E-state index contributed by atoms with van der Waals surface area (Å²) >= 11 is 1.48. The van der Waals surface area contributed by atoms with Gasteiger partial charge in [0.05, 0.1) is 6.04 Å². The second kappa shape index (κ2) is 8.76. The summed E-state index contributed by atoms with van der Waals surface area (Å²) in [7, 11) is 0. The zero-order valence-electron chi connectivity index (χ0n) is 14.2. The number of pyridine rings is 1. The van der Waals surface area contributed by atoms with Crippen LogP contribution < -0.4 is 10.8 Å². The average molecular weight is 357 g/mol. The molecule has 0 unspecified atom stereocenters. The lowest BCUT2D eigenvalue weighted by molar-refractivity contribution is 0.0888. The highest BCUT2D eigenvalue weighted by molar-refractivity contribution is 7.08. The maximum absolute atomic E-state index is 12.5. The standard InChI is InChI=1S/C19H23N3O2S/c23-18(9-11-20-19(24)15-10-13-25-14-15)22-12-5-4-8-17(22)21-16-6-2-1-3-7-16/h4-5,8,10,12-14,16H,1-3,6-7,9,11H2,(H,20,24). The number of amides is 1. The number of hydrogen-bond donors (Lipinski definition) is 1. The van der Waals surface area contributed by atoms with E-state index in [1.165, 1.54) is 30.6 Å². The summed E-state index contributed by atoms with van der Waals surface area (Å²) in [5.74, 6) is -0.194. The molecule has 0 bridgehead atoms. The quantitative estimate of drug-likeness (QED) is 0.893. The van der Waals surface area contributed by atoms with E-state index in [4.69, 9.17) is 4.99 Å². The molecule has 2 aromatic rings. The number of thiophene rings is 1. The summed E-state index contributed by atoms with van der Waals surface area (Å²) in [6.45, 7) is 0.318. The predicted octanol–water partition coefficient (Wildman–Crippen LogP) is 3.24. The van der Waals surface area contributed by atoms with E-state index in [1.54, 1.807) is 22.2 Å². The molecule has 1 N–H and O–H groups in total. The number of carbonyl (C=O) groups excluding carboxylic acids is 2. The number of carbonyl (C=O) groups is 2. The third-order valence-corrected chi connectivity index (χ3v) is 5.09. The summed E-state index contributed by atoms with van der Waals surface area (Å²) in [5.41, 5.74) is 1.35. The summed E-state index contributed by atoms with van der Waals surface area (Å²) in [6.07, 6.45) is 7.90. The molecule has 1 aliphatic carbocycles. The highest BCUT2D eigenvalue weighted by atomic mass is 32.1. The van der Waals surface area contributed by atoms with Crippen LogP contribution >= 0.6 is 11.3 Å². The molecule has 6 heteroatoms. The van der Waals surface area contributed by atoms with Gasteiger partial charge in [-0.1, -0.05) is 25.3 Å². The van der Waals surface area contributed by atoms with Crippen LogP contribution in [0.3, 0.4) is 0 Å². The Morgan fingerprint density at radius 1 is 1.20 bits per heavy atom. The first-order valence-electron chi connectivity index (χ1n) is 8.79. The van der Waals surface area contributed by atoms with E-state index in [0.717, 1.165) is 12.8 Å². The minimum Gasteiger partial charge on any atom is -0.351 e. The van der Waals surface area contributed by atoms with Crippen LogP contribution in [0.2, 0.25) is 0 Å². The number of rotatable bonds is 5. The van der Waals surface area contributed by atoms with E-state index in [2.05, 4.69) is 5.32 Å². The highest BCUT2D eigenvalue weighted by Crippen LogP contribution is 2.19. The Bertz CT molecular complexity index is 774. The molecule has 1 amide bonds. The Hall–Kier alpha value is -2.21. The first kappa shape index (κ1) is 17.6. The van der Waals surface area contributed by atoms with Gasteiger partial charge in [-0.25, -0.2) is 0 Å². The van der Waals surface area contributed by atoms with Gasteiger partial charge in [0, 0.05) is 30.1 Å². The maximum atomic E-state index is 12.5. The lowest BCUT2D eigenvalue weighted by Crippen LogP contribution is -2.32. The lowest BCUT2D eigenvalue weighted by atomic mass is 9.96. The molecule has 0 saturated heterocycles. The molecule has 5 nitrogen and oxygen atoms in total. The van der Waals surface area contributed by atoms with Crippen LogP contribution in [-0.4, -0.2) is 29.0 Å². The maximum Gasteiger partial charge on any atom is 0.252 e. The minimum atomic E-state index is -0.140. The SMILES string of the molecule is O=C(NCCC(=O)n1ccccc1=NC1CCCCC1)c1ccsc1. The minimum absolute atomic E-state index is 0.0548. The summed E-state index contributed by atoms with van der Waals surface area (Å²) in [5, 5.41) is 6.45. The third kappa shape index (κ3) is 4.89. The van der Waals surface area contributed by atoms with Crippen LogP contribution in [0, 0.1) is 0 Å². The topological polar surface area (TPSA) is 63.5 Å². The van der Waals surface area contributed by atoms with Crippen molar-refractivity contribution >= 4 is 23.2 Å². The molecule has 0 spiro atoms. The fourth-order valence-corrected chi connectivity index (χ4v) is 3.68. The number of nitrogens with zero attached hydrogens (tertiary/aromatic N) is 2. The van der Waals surface area contributed by atoms with Crippen molar-refractivity contribution in [3.63, 3.8) is 0 Å². The van der Waals surface area contributed by atoms with Crippen LogP contribution in [0.4, 0.5) is 0 Å². The summed E-state index contributed by atoms with van der Waals surface area (Å²) < 4.78 is 1.60. The van der Waals surface area contributed by atoms with Gasteiger partial charge in [-0.2, -0.15) is 11.3 Å². The van der Waals surface area contributed by atoms with Crippen molar-refractivity contribution in [3.8, 4) is 0 Å². The molecule has 0 aromatic carbocycles. The van der Waals surface area contributed by atoms with Crippen molar-refractivity contribution < 1.29 is 9.59 Å². The van der Waals surface area contributed by atoms with E-state index >= 15 is 0 Å². The van der Waals surface area contributed by atoms with Crippen LogP contribution in [0.1, 0.15) is 53.7 Å². The largest absolute Gasteiger partial charge is 0.351 e. The third-order valence-electron chi connectivity index (χ3n) is 4.40. The van der Waals surface area contributed by atoms with Crippen LogP contribution in [0.15, 0.2) is 46.2 Å². The monoisotopic (exact) mass is 357 g/mol. The van der Waals surface area contributed by atoms with Crippen molar-refractivity contribution in [2.75, 3.05) is 6.54 Å². The Labute approximate surface area is 151 Å². The zero-order chi connectivity index (χ0) is 17.5. The number of hydrogen-bond acceptors (Lipinski definition) is 4. The normalized spacial score (nSPS) is 15.9. The highest BCUT2D eigenvalue weighted by Gasteiger charge is 2.13. The Morgan fingerprint density at radius 2 is 2.04 bits per heavy atom. The van der Waals surface area contributed by atoms with E-state index in [9.17, 15) is 9.59 Å². The fraction of sp³-hybridized carbons (Fsp3) is 0.421. The smallest absolute Gasteiger partial charge is 0.252 e. The molecule has 2 heterocycles. The van der Waals surface area contributed by atoms with Crippen LogP contribution in [0.25, 0.3) is 0 Å². The van der Waals surface area contributed by atoms with Crippen molar-refractivity contribution in [1.29, 1.82) is 0 Å². The Balaban J connectivity index is 1.62. The fourth-order valence-electron chi connectivity index (χ4n) is 3.05. The predicted molar refractivity (Wildman–Crippen MR) is 98.8 cm³/mol. The van der Waals surface area contributed by atoms with Gasteiger partial charge in [-0.3, -0.25) is 19.1 Å². The van der Waals surface area contributed by atoms with Gasteiger partial charge in [-0.15, -0.1) is 0 Å². The van der Waals surface area contributed by atoms with E-state index < -0.39 is 0 Å². The van der Waals surface area contributed by atoms with Crippen molar-refractivity contribution in [1.82, 2.24) is 9.88 Å².